The number of carbonyl (C=O) groups excluding carboxylic acids is 1. The molecule has 3 aromatic rings. The van der Waals surface area contributed by atoms with Crippen molar-refractivity contribution in [2.24, 2.45) is 7.05 Å². The second-order valence-electron chi connectivity index (χ2n) is 7.19. The van der Waals surface area contributed by atoms with Crippen LogP contribution in [0.2, 0.25) is 0 Å². The van der Waals surface area contributed by atoms with Crippen molar-refractivity contribution in [3.05, 3.63) is 34.4 Å². The van der Waals surface area contributed by atoms with Crippen LogP contribution in [-0.4, -0.2) is 37.6 Å². The summed E-state index contributed by atoms with van der Waals surface area (Å²) in [5.74, 6) is 0.285. The molecule has 0 unspecified atom stereocenters. The number of hydrogen-bond donors (Lipinski definition) is 1. The quantitative estimate of drug-likeness (QED) is 0.748. The van der Waals surface area contributed by atoms with Crippen molar-refractivity contribution in [1.82, 2.24) is 24.5 Å². The largest absolute Gasteiger partial charge is 0.362 e. The molecule has 0 aromatic carbocycles. The fraction of sp³-hybridized carbons (Fsp3) is 0.474. The highest BCUT2D eigenvalue weighted by molar-refractivity contribution is 6.13. The third-order valence-electron chi connectivity index (χ3n) is 5.10. The average molecular weight is 368 g/mol. The first-order valence-corrected chi connectivity index (χ1v) is 9.09. The smallest absolute Gasteiger partial charge is 0.256 e. The Kier molecular flexibility index (Phi) is 4.22. The Morgan fingerprint density at radius 3 is 2.67 bits per heavy atom. The van der Waals surface area contributed by atoms with Gasteiger partial charge >= 0.3 is 0 Å². The van der Waals surface area contributed by atoms with Gasteiger partial charge < -0.3 is 10.1 Å². The van der Waals surface area contributed by atoms with Crippen molar-refractivity contribution in [2.45, 2.75) is 46.3 Å². The highest BCUT2D eigenvalue weighted by Gasteiger charge is 2.29. The van der Waals surface area contributed by atoms with Gasteiger partial charge in [0.2, 0.25) is 0 Å². The van der Waals surface area contributed by atoms with Gasteiger partial charge in [-0.05, 0) is 39.7 Å². The number of rotatable bonds is 5. The van der Waals surface area contributed by atoms with Gasteiger partial charge in [-0.25, -0.2) is 9.67 Å². The van der Waals surface area contributed by atoms with Gasteiger partial charge in [0, 0.05) is 25.8 Å². The number of nitrogens with zero attached hydrogens (tertiary/aromatic N) is 5. The van der Waals surface area contributed by atoms with Crippen LogP contribution in [0.5, 0.6) is 0 Å². The lowest BCUT2D eigenvalue weighted by Crippen LogP contribution is -2.15. The van der Waals surface area contributed by atoms with E-state index in [4.69, 9.17) is 9.72 Å². The molecular weight excluding hydrogens is 344 g/mol. The van der Waals surface area contributed by atoms with Gasteiger partial charge in [-0.2, -0.15) is 10.2 Å². The fourth-order valence-electron chi connectivity index (χ4n) is 3.54. The van der Waals surface area contributed by atoms with Crippen molar-refractivity contribution in [1.29, 1.82) is 0 Å². The third-order valence-corrected chi connectivity index (χ3v) is 5.10. The molecule has 0 bridgehead atoms. The summed E-state index contributed by atoms with van der Waals surface area (Å²) in [7, 11) is 3.48. The molecule has 4 rings (SSSR count). The maximum atomic E-state index is 13.2. The van der Waals surface area contributed by atoms with E-state index in [9.17, 15) is 4.79 Å². The zero-order valence-electron chi connectivity index (χ0n) is 16.3. The van der Waals surface area contributed by atoms with Crippen LogP contribution in [0.15, 0.2) is 6.07 Å². The van der Waals surface area contributed by atoms with Crippen LogP contribution in [0.3, 0.4) is 0 Å². The summed E-state index contributed by atoms with van der Waals surface area (Å²) in [4.78, 5) is 18.0. The lowest BCUT2D eigenvalue weighted by molar-refractivity contribution is 0.102. The van der Waals surface area contributed by atoms with Crippen molar-refractivity contribution in [3.63, 3.8) is 0 Å². The topological polar surface area (TPSA) is 86.9 Å². The van der Waals surface area contributed by atoms with Crippen molar-refractivity contribution in [2.75, 3.05) is 12.4 Å². The fourth-order valence-corrected chi connectivity index (χ4v) is 3.54. The van der Waals surface area contributed by atoms with Crippen LogP contribution in [0.25, 0.3) is 11.0 Å². The van der Waals surface area contributed by atoms with Crippen LogP contribution in [0.1, 0.15) is 51.9 Å². The van der Waals surface area contributed by atoms with Gasteiger partial charge in [-0.1, -0.05) is 0 Å². The number of amides is 1. The summed E-state index contributed by atoms with van der Waals surface area (Å²) in [6.07, 6.45) is 2.25. The summed E-state index contributed by atoms with van der Waals surface area (Å²) >= 11 is 0. The predicted molar refractivity (Wildman–Crippen MR) is 102 cm³/mol. The van der Waals surface area contributed by atoms with E-state index in [0.717, 1.165) is 52.3 Å². The van der Waals surface area contributed by atoms with E-state index >= 15 is 0 Å². The zero-order chi connectivity index (χ0) is 19.3. The van der Waals surface area contributed by atoms with Gasteiger partial charge in [0.05, 0.1) is 33.7 Å². The van der Waals surface area contributed by atoms with Gasteiger partial charge in [-0.15, -0.1) is 0 Å². The molecule has 1 saturated carbocycles. The molecule has 8 heteroatoms. The molecule has 3 heterocycles. The molecule has 3 aromatic heterocycles. The van der Waals surface area contributed by atoms with E-state index < -0.39 is 0 Å². The number of pyridine rings is 1. The minimum atomic E-state index is -0.163. The molecule has 0 spiro atoms. The first kappa shape index (κ1) is 17.7. The molecule has 1 aliphatic rings. The van der Waals surface area contributed by atoms with Crippen LogP contribution >= 0.6 is 0 Å². The number of fused-ring (bicyclic) bond motifs is 1. The first-order valence-electron chi connectivity index (χ1n) is 9.09. The van der Waals surface area contributed by atoms with Crippen LogP contribution in [-0.2, 0) is 18.5 Å². The number of anilines is 1. The van der Waals surface area contributed by atoms with Crippen LogP contribution in [0.4, 0.5) is 5.69 Å². The van der Waals surface area contributed by atoms with Crippen molar-refractivity contribution in [3.8, 4) is 0 Å². The second-order valence-corrected chi connectivity index (χ2v) is 7.19. The van der Waals surface area contributed by atoms with Gasteiger partial charge in [-0.3, -0.25) is 9.48 Å². The maximum absolute atomic E-state index is 13.2. The van der Waals surface area contributed by atoms with E-state index in [-0.39, 0.29) is 5.91 Å². The summed E-state index contributed by atoms with van der Waals surface area (Å²) in [6, 6.07) is 1.92. The SMILES string of the molecule is COCn1nc(C)c(NC(=O)c2cc(C3CC3)nc3c2c(C)nn3C)c1C. The Bertz CT molecular complexity index is 1040. The standard InChI is InChI=1S/C19H24N6O2/c1-10-16-14(8-15(13-6-7-13)20-18(16)24(4)22-10)19(26)21-17-11(2)23-25(9-27-5)12(17)3/h8,13H,6-7,9H2,1-5H3,(H,21,26). The van der Waals surface area contributed by atoms with Gasteiger partial charge in [0.15, 0.2) is 5.65 Å². The lowest BCUT2D eigenvalue weighted by Gasteiger charge is -2.10. The molecule has 1 fully saturated rings. The average Bonchev–Trinajstić information content (AvgIpc) is 3.40. The minimum Gasteiger partial charge on any atom is -0.362 e. The molecular formula is C19H24N6O2. The molecule has 0 radical (unpaired) electrons. The molecule has 0 aliphatic heterocycles. The summed E-state index contributed by atoms with van der Waals surface area (Å²) < 4.78 is 8.64. The van der Waals surface area contributed by atoms with Crippen molar-refractivity contribution >= 4 is 22.6 Å². The van der Waals surface area contributed by atoms with E-state index in [2.05, 4.69) is 15.5 Å². The van der Waals surface area contributed by atoms with Crippen LogP contribution < -0.4 is 5.32 Å². The summed E-state index contributed by atoms with van der Waals surface area (Å²) in [6.45, 7) is 6.05. The highest BCUT2D eigenvalue weighted by Crippen LogP contribution is 2.40. The number of ether oxygens (including phenoxy) is 1. The Morgan fingerprint density at radius 2 is 2.00 bits per heavy atom. The van der Waals surface area contributed by atoms with E-state index in [1.165, 1.54) is 0 Å². The Morgan fingerprint density at radius 1 is 1.26 bits per heavy atom. The van der Waals surface area contributed by atoms with Gasteiger partial charge in [0.1, 0.15) is 6.73 Å². The zero-order valence-corrected chi connectivity index (χ0v) is 16.3. The molecule has 1 amide bonds. The Labute approximate surface area is 157 Å². The maximum Gasteiger partial charge on any atom is 0.256 e. The van der Waals surface area contributed by atoms with E-state index in [1.807, 2.05) is 33.9 Å². The van der Waals surface area contributed by atoms with Crippen LogP contribution in [0, 0.1) is 20.8 Å². The molecule has 0 atom stereocenters. The first-order chi connectivity index (χ1) is 12.9. The molecule has 8 nitrogen and oxygen atoms in total. The van der Waals surface area contributed by atoms with Crippen molar-refractivity contribution < 1.29 is 9.53 Å². The highest BCUT2D eigenvalue weighted by atomic mass is 16.5. The molecule has 27 heavy (non-hydrogen) atoms. The molecule has 1 N–H and O–H groups in total. The predicted octanol–water partition coefficient (Wildman–Crippen LogP) is 2.82. The Hall–Kier alpha value is -2.74. The summed E-state index contributed by atoms with van der Waals surface area (Å²) in [5.41, 5.74) is 5.48. The molecule has 0 saturated heterocycles. The Balaban J connectivity index is 1.77. The number of aromatic nitrogens is 5. The summed E-state index contributed by atoms with van der Waals surface area (Å²) in [5, 5.41) is 12.8. The van der Waals surface area contributed by atoms with Gasteiger partial charge in [0.25, 0.3) is 5.91 Å². The monoisotopic (exact) mass is 368 g/mol. The van der Waals surface area contributed by atoms with E-state index in [0.29, 0.717) is 18.2 Å². The second kappa shape index (κ2) is 6.45. The third kappa shape index (κ3) is 2.99. The van der Waals surface area contributed by atoms with E-state index in [1.54, 1.807) is 16.5 Å². The minimum absolute atomic E-state index is 0.163. The lowest BCUT2D eigenvalue weighted by atomic mass is 10.1. The normalized spacial score (nSPS) is 14.1. The number of carbonyl (C=O) groups is 1. The molecule has 1 aliphatic carbocycles. The number of nitrogens with one attached hydrogen (secondary N) is 1. The number of hydrogen-bond acceptors (Lipinski definition) is 5. The molecule has 142 valence electrons. The number of methoxy groups -OCH3 is 1. The number of aryl methyl sites for hydroxylation is 3.